The molecule has 2 atom stereocenters. The van der Waals surface area contributed by atoms with Gasteiger partial charge < -0.3 is 5.73 Å². The average molecular weight is 175 g/mol. The largest absolute Gasteiger partial charge is 0.303 e. The van der Waals surface area contributed by atoms with E-state index in [-0.39, 0.29) is 0 Å². The molecule has 0 saturated heterocycles. The minimum atomic E-state index is -1.38. The Hall–Kier alpha value is -0.870. The SMILES string of the molecule is NC1(Cl)C=CC=CC1[N+](=O)[O-]. The Kier molecular flexibility index (Phi) is 1.97. The number of hydrogen-bond acceptors (Lipinski definition) is 3. The van der Waals surface area contributed by atoms with Crippen LogP contribution in [0.3, 0.4) is 0 Å². The van der Waals surface area contributed by atoms with Gasteiger partial charge in [-0.15, -0.1) is 0 Å². The van der Waals surface area contributed by atoms with Gasteiger partial charge in [0.15, 0.2) is 5.00 Å². The van der Waals surface area contributed by atoms with E-state index in [1.165, 1.54) is 12.2 Å². The minimum Gasteiger partial charge on any atom is -0.303 e. The number of halogens is 1. The molecule has 2 N–H and O–H groups in total. The van der Waals surface area contributed by atoms with E-state index in [4.69, 9.17) is 17.3 Å². The summed E-state index contributed by atoms with van der Waals surface area (Å²) in [4.78, 5) is 8.44. The molecule has 0 amide bonds. The van der Waals surface area contributed by atoms with Crippen molar-refractivity contribution in [3.8, 4) is 0 Å². The number of nitrogens with zero attached hydrogens (tertiary/aromatic N) is 1. The van der Waals surface area contributed by atoms with Crippen LogP contribution in [-0.2, 0) is 0 Å². The van der Waals surface area contributed by atoms with Crippen molar-refractivity contribution < 1.29 is 4.92 Å². The van der Waals surface area contributed by atoms with Crippen LogP contribution in [0, 0.1) is 10.1 Å². The molecule has 1 rings (SSSR count). The number of nitro groups is 1. The van der Waals surface area contributed by atoms with Crippen LogP contribution in [-0.4, -0.2) is 16.0 Å². The summed E-state index contributed by atoms with van der Waals surface area (Å²) in [5.41, 5.74) is 5.41. The average Bonchev–Trinajstić information content (AvgIpc) is 1.85. The molecule has 0 heterocycles. The standard InChI is InChI=1S/C6H7ClN2O2/c7-6(8)4-2-1-3-5(6)9(10)11/h1-5H,8H2. The lowest BCUT2D eigenvalue weighted by atomic mass is 10.0. The van der Waals surface area contributed by atoms with Gasteiger partial charge in [0.2, 0.25) is 0 Å². The van der Waals surface area contributed by atoms with E-state index in [2.05, 4.69) is 0 Å². The summed E-state index contributed by atoms with van der Waals surface area (Å²) >= 11 is 5.63. The van der Waals surface area contributed by atoms with Crippen LogP contribution in [0.25, 0.3) is 0 Å². The second-order valence-electron chi connectivity index (χ2n) is 2.30. The van der Waals surface area contributed by atoms with Crippen LogP contribution in [0.1, 0.15) is 0 Å². The van der Waals surface area contributed by atoms with Crippen LogP contribution >= 0.6 is 11.6 Å². The van der Waals surface area contributed by atoms with Crippen molar-refractivity contribution >= 4 is 11.6 Å². The zero-order chi connectivity index (χ0) is 8.48. The molecule has 0 saturated carbocycles. The molecule has 0 spiro atoms. The second kappa shape index (κ2) is 2.64. The maximum Gasteiger partial charge on any atom is 0.266 e. The fourth-order valence-electron chi connectivity index (χ4n) is 0.850. The minimum absolute atomic E-state index is 0.507. The normalized spacial score (nSPS) is 35.6. The first-order chi connectivity index (χ1) is 5.04. The molecule has 1 aliphatic carbocycles. The third kappa shape index (κ3) is 1.58. The zero-order valence-electron chi connectivity index (χ0n) is 5.61. The molecular weight excluding hydrogens is 168 g/mol. The predicted molar refractivity (Wildman–Crippen MR) is 41.8 cm³/mol. The van der Waals surface area contributed by atoms with Crippen LogP contribution in [0.4, 0.5) is 0 Å². The van der Waals surface area contributed by atoms with Crippen molar-refractivity contribution in [2.75, 3.05) is 0 Å². The van der Waals surface area contributed by atoms with Crippen molar-refractivity contribution in [2.24, 2.45) is 5.73 Å². The molecule has 0 aromatic carbocycles. The molecule has 0 bridgehead atoms. The summed E-state index contributed by atoms with van der Waals surface area (Å²) in [6.07, 6.45) is 5.92. The summed E-state index contributed by atoms with van der Waals surface area (Å²) in [6, 6.07) is -1.03. The monoisotopic (exact) mass is 174 g/mol. The fourth-order valence-corrected chi connectivity index (χ4v) is 1.08. The van der Waals surface area contributed by atoms with Gasteiger partial charge in [-0.05, 0) is 12.2 Å². The number of alkyl halides is 1. The molecule has 0 aliphatic heterocycles. The van der Waals surface area contributed by atoms with Gasteiger partial charge in [0, 0.05) is 4.92 Å². The molecule has 5 heteroatoms. The van der Waals surface area contributed by atoms with Crippen LogP contribution in [0.5, 0.6) is 0 Å². The lowest BCUT2D eigenvalue weighted by Gasteiger charge is -2.21. The topological polar surface area (TPSA) is 69.2 Å². The molecule has 0 aromatic rings. The van der Waals surface area contributed by atoms with E-state index in [1.807, 2.05) is 0 Å². The number of allylic oxidation sites excluding steroid dienone is 2. The fraction of sp³-hybridized carbons (Fsp3) is 0.333. The molecule has 0 radical (unpaired) electrons. The lowest BCUT2D eigenvalue weighted by molar-refractivity contribution is -0.513. The molecule has 0 fully saturated rings. The highest BCUT2D eigenvalue weighted by atomic mass is 35.5. The molecule has 2 unspecified atom stereocenters. The van der Waals surface area contributed by atoms with Crippen LogP contribution in [0.15, 0.2) is 24.3 Å². The number of rotatable bonds is 1. The number of nitrogens with two attached hydrogens (primary N) is 1. The van der Waals surface area contributed by atoms with Gasteiger partial charge in [0.1, 0.15) is 0 Å². The molecule has 0 aromatic heterocycles. The van der Waals surface area contributed by atoms with Gasteiger partial charge in [-0.25, -0.2) is 0 Å². The maximum absolute atomic E-state index is 10.3. The second-order valence-corrected chi connectivity index (χ2v) is 2.96. The highest BCUT2D eigenvalue weighted by molar-refractivity contribution is 6.25. The van der Waals surface area contributed by atoms with E-state index in [0.717, 1.165) is 0 Å². The summed E-state index contributed by atoms with van der Waals surface area (Å²) in [5.74, 6) is 0. The first-order valence-corrected chi connectivity index (χ1v) is 3.39. The third-order valence-corrected chi connectivity index (χ3v) is 1.79. The van der Waals surface area contributed by atoms with Crippen LogP contribution in [0.2, 0.25) is 0 Å². The van der Waals surface area contributed by atoms with Crippen molar-refractivity contribution in [3.63, 3.8) is 0 Å². The van der Waals surface area contributed by atoms with E-state index in [0.29, 0.717) is 0 Å². The Balaban J connectivity index is 2.89. The van der Waals surface area contributed by atoms with Gasteiger partial charge in [-0.1, -0.05) is 23.8 Å². The van der Waals surface area contributed by atoms with Crippen molar-refractivity contribution in [1.82, 2.24) is 0 Å². The van der Waals surface area contributed by atoms with E-state index < -0.39 is 16.0 Å². The Morgan fingerprint density at radius 3 is 2.64 bits per heavy atom. The molecule has 4 nitrogen and oxygen atoms in total. The summed E-state index contributed by atoms with van der Waals surface area (Å²) in [7, 11) is 0. The first-order valence-electron chi connectivity index (χ1n) is 3.01. The van der Waals surface area contributed by atoms with Crippen molar-refractivity contribution in [3.05, 3.63) is 34.4 Å². The van der Waals surface area contributed by atoms with E-state index in [1.54, 1.807) is 12.2 Å². The third-order valence-electron chi connectivity index (χ3n) is 1.44. The summed E-state index contributed by atoms with van der Waals surface area (Å²) in [5, 5.41) is 10.3. The summed E-state index contributed by atoms with van der Waals surface area (Å²) < 4.78 is 0. The summed E-state index contributed by atoms with van der Waals surface area (Å²) in [6.45, 7) is 0. The van der Waals surface area contributed by atoms with Gasteiger partial charge in [-0.3, -0.25) is 10.1 Å². The van der Waals surface area contributed by atoms with E-state index >= 15 is 0 Å². The zero-order valence-corrected chi connectivity index (χ0v) is 6.36. The van der Waals surface area contributed by atoms with Gasteiger partial charge in [0.25, 0.3) is 6.04 Å². The van der Waals surface area contributed by atoms with Gasteiger partial charge >= 0.3 is 0 Å². The maximum atomic E-state index is 10.3. The Labute approximate surface area is 68.5 Å². The highest BCUT2D eigenvalue weighted by Crippen LogP contribution is 2.21. The Bertz CT molecular complexity index is 235. The quantitative estimate of drug-likeness (QED) is 0.275. The molecule has 1 aliphatic rings. The Morgan fingerprint density at radius 1 is 1.64 bits per heavy atom. The van der Waals surface area contributed by atoms with Crippen LogP contribution < -0.4 is 5.73 Å². The molecule has 60 valence electrons. The van der Waals surface area contributed by atoms with Gasteiger partial charge in [0.05, 0.1) is 0 Å². The first kappa shape index (κ1) is 8.23. The molecule has 11 heavy (non-hydrogen) atoms. The smallest absolute Gasteiger partial charge is 0.266 e. The van der Waals surface area contributed by atoms with Crippen molar-refractivity contribution in [2.45, 2.75) is 11.0 Å². The number of hydrogen-bond donors (Lipinski definition) is 1. The van der Waals surface area contributed by atoms with Crippen molar-refractivity contribution in [1.29, 1.82) is 0 Å². The van der Waals surface area contributed by atoms with Gasteiger partial charge in [-0.2, -0.15) is 0 Å². The Morgan fingerprint density at radius 2 is 2.27 bits per heavy atom. The lowest BCUT2D eigenvalue weighted by Crippen LogP contribution is -2.47. The molecular formula is C6H7ClN2O2. The highest BCUT2D eigenvalue weighted by Gasteiger charge is 2.39. The predicted octanol–water partition coefficient (Wildman–Crippen LogP) is 0.651. The van der Waals surface area contributed by atoms with E-state index in [9.17, 15) is 10.1 Å².